The van der Waals surface area contributed by atoms with Gasteiger partial charge in [0.1, 0.15) is 17.1 Å². The normalized spacial score (nSPS) is 10.7. The van der Waals surface area contributed by atoms with Gasteiger partial charge in [0.15, 0.2) is 5.43 Å². The van der Waals surface area contributed by atoms with Gasteiger partial charge in [0.05, 0.1) is 25.4 Å². The van der Waals surface area contributed by atoms with E-state index < -0.39 is 0 Å². The van der Waals surface area contributed by atoms with Crippen molar-refractivity contribution in [2.24, 2.45) is 0 Å². The van der Waals surface area contributed by atoms with Crippen molar-refractivity contribution in [3.8, 4) is 11.5 Å². The highest BCUT2D eigenvalue weighted by Crippen LogP contribution is 2.22. The van der Waals surface area contributed by atoms with Gasteiger partial charge in [0, 0.05) is 16.7 Å². The molecule has 23 heavy (non-hydrogen) atoms. The molecule has 1 aromatic heterocycles. The molecular weight excluding hydrogens is 312 g/mol. The van der Waals surface area contributed by atoms with Gasteiger partial charge in [-0.25, -0.2) is 0 Å². The number of thioether (sulfide) groups is 1. The summed E-state index contributed by atoms with van der Waals surface area (Å²) in [6, 6.07) is 14.6. The van der Waals surface area contributed by atoms with Crippen molar-refractivity contribution >= 4 is 22.7 Å². The summed E-state index contributed by atoms with van der Waals surface area (Å²) in [7, 11) is 1.65. The summed E-state index contributed by atoms with van der Waals surface area (Å²) in [5.74, 6) is 2.33. The highest BCUT2D eigenvalue weighted by Gasteiger charge is 2.03. The van der Waals surface area contributed by atoms with Gasteiger partial charge in [-0.3, -0.25) is 4.79 Å². The summed E-state index contributed by atoms with van der Waals surface area (Å²) in [4.78, 5) is 12.9. The Hall–Kier alpha value is -2.40. The number of hydrogen-bond acceptors (Lipinski definition) is 5. The fourth-order valence-corrected chi connectivity index (χ4v) is 2.87. The van der Waals surface area contributed by atoms with Gasteiger partial charge in [-0.15, -0.1) is 11.8 Å². The van der Waals surface area contributed by atoms with E-state index in [9.17, 15) is 4.79 Å². The molecule has 5 heteroatoms. The first kappa shape index (κ1) is 15.5. The van der Waals surface area contributed by atoms with Crippen molar-refractivity contribution in [3.63, 3.8) is 0 Å². The summed E-state index contributed by atoms with van der Waals surface area (Å²) in [5.41, 5.74) is 0.502. The zero-order valence-corrected chi connectivity index (χ0v) is 13.5. The molecule has 0 atom stereocenters. The Balaban J connectivity index is 1.56. The number of fused-ring (bicyclic) bond motifs is 1. The largest absolute Gasteiger partial charge is 0.497 e. The molecule has 0 fully saturated rings. The molecule has 0 aliphatic rings. The summed E-state index contributed by atoms with van der Waals surface area (Å²) < 4.78 is 16.1. The highest BCUT2D eigenvalue weighted by molar-refractivity contribution is 7.99. The van der Waals surface area contributed by atoms with Crippen LogP contribution < -0.4 is 14.9 Å². The van der Waals surface area contributed by atoms with Crippen LogP contribution in [0.1, 0.15) is 0 Å². The van der Waals surface area contributed by atoms with Crippen LogP contribution in [0, 0.1) is 0 Å². The van der Waals surface area contributed by atoms with Crippen molar-refractivity contribution in [1.82, 2.24) is 0 Å². The molecule has 0 bridgehead atoms. The van der Waals surface area contributed by atoms with Crippen molar-refractivity contribution in [1.29, 1.82) is 0 Å². The van der Waals surface area contributed by atoms with Crippen LogP contribution in [0.15, 0.2) is 68.9 Å². The third kappa shape index (κ3) is 3.87. The molecule has 0 unspecified atom stereocenters. The predicted octanol–water partition coefficient (Wildman–Crippen LogP) is 3.97. The van der Waals surface area contributed by atoms with Crippen molar-refractivity contribution in [2.45, 2.75) is 4.90 Å². The van der Waals surface area contributed by atoms with Crippen LogP contribution in [0.5, 0.6) is 11.5 Å². The van der Waals surface area contributed by atoms with E-state index in [-0.39, 0.29) is 5.43 Å². The maximum absolute atomic E-state index is 11.8. The molecule has 0 saturated carbocycles. The maximum Gasteiger partial charge on any atom is 0.192 e. The Labute approximate surface area is 138 Å². The van der Waals surface area contributed by atoms with Gasteiger partial charge < -0.3 is 13.9 Å². The van der Waals surface area contributed by atoms with Crippen LogP contribution in [0.2, 0.25) is 0 Å². The molecule has 0 amide bonds. The minimum atomic E-state index is -0.0655. The molecule has 3 rings (SSSR count). The lowest BCUT2D eigenvalue weighted by Gasteiger charge is -2.07. The van der Waals surface area contributed by atoms with Gasteiger partial charge in [-0.1, -0.05) is 0 Å². The summed E-state index contributed by atoms with van der Waals surface area (Å²) in [5, 5.41) is 0.535. The maximum atomic E-state index is 11.8. The fraction of sp³-hybridized carbons (Fsp3) is 0.167. The lowest BCUT2D eigenvalue weighted by molar-refractivity contribution is 0.344. The quantitative estimate of drug-likeness (QED) is 0.506. The van der Waals surface area contributed by atoms with E-state index in [0.29, 0.717) is 23.3 Å². The van der Waals surface area contributed by atoms with Crippen LogP contribution in [-0.4, -0.2) is 19.5 Å². The molecule has 118 valence electrons. The number of rotatable bonds is 6. The average molecular weight is 328 g/mol. The summed E-state index contributed by atoms with van der Waals surface area (Å²) >= 11 is 1.70. The van der Waals surface area contributed by atoms with Crippen LogP contribution in [0.3, 0.4) is 0 Å². The standard InChI is InChI=1S/C18H16O4S/c1-20-13-2-5-15(6-3-13)23-11-10-21-14-4-7-18-16(12-14)17(19)8-9-22-18/h2-9,12H,10-11H2,1H3. The average Bonchev–Trinajstić information content (AvgIpc) is 2.60. The molecule has 1 heterocycles. The van der Waals surface area contributed by atoms with Gasteiger partial charge in [-0.2, -0.15) is 0 Å². The zero-order valence-electron chi connectivity index (χ0n) is 12.7. The Morgan fingerprint density at radius 1 is 1.04 bits per heavy atom. The van der Waals surface area contributed by atoms with Gasteiger partial charge in [-0.05, 0) is 42.5 Å². The lowest BCUT2D eigenvalue weighted by Crippen LogP contribution is -2.02. The SMILES string of the molecule is COc1ccc(SCCOc2ccc3occc(=O)c3c2)cc1. The van der Waals surface area contributed by atoms with Crippen molar-refractivity contribution < 1.29 is 13.9 Å². The molecule has 3 aromatic rings. The molecule has 0 saturated heterocycles. The highest BCUT2D eigenvalue weighted by atomic mass is 32.2. The van der Waals surface area contributed by atoms with E-state index in [4.69, 9.17) is 13.9 Å². The molecular formula is C18H16O4S. The van der Waals surface area contributed by atoms with Crippen molar-refractivity contribution in [2.75, 3.05) is 19.5 Å². The second kappa shape index (κ2) is 7.24. The number of methoxy groups -OCH3 is 1. The minimum absolute atomic E-state index is 0.0655. The summed E-state index contributed by atoms with van der Waals surface area (Å²) in [6.07, 6.45) is 1.40. The first-order valence-electron chi connectivity index (χ1n) is 7.17. The van der Waals surface area contributed by atoms with Crippen LogP contribution in [-0.2, 0) is 0 Å². The predicted molar refractivity (Wildman–Crippen MR) is 91.7 cm³/mol. The Kier molecular flexibility index (Phi) is 4.88. The van der Waals surface area contributed by atoms with E-state index in [0.717, 1.165) is 16.4 Å². The zero-order chi connectivity index (χ0) is 16.1. The van der Waals surface area contributed by atoms with Gasteiger partial charge >= 0.3 is 0 Å². The number of benzene rings is 2. The van der Waals surface area contributed by atoms with Gasteiger partial charge in [0.25, 0.3) is 0 Å². The van der Waals surface area contributed by atoms with E-state index >= 15 is 0 Å². The van der Waals surface area contributed by atoms with E-state index in [1.165, 1.54) is 12.3 Å². The molecule has 0 spiro atoms. The smallest absolute Gasteiger partial charge is 0.192 e. The second-order valence-corrected chi connectivity index (χ2v) is 5.98. The molecule has 4 nitrogen and oxygen atoms in total. The van der Waals surface area contributed by atoms with E-state index in [1.54, 1.807) is 31.0 Å². The first-order chi connectivity index (χ1) is 11.3. The van der Waals surface area contributed by atoms with Gasteiger partial charge in [0.2, 0.25) is 0 Å². The molecule has 0 radical (unpaired) electrons. The second-order valence-electron chi connectivity index (χ2n) is 4.82. The van der Waals surface area contributed by atoms with E-state index in [1.807, 2.05) is 30.3 Å². The Bertz CT molecular complexity index is 840. The van der Waals surface area contributed by atoms with Crippen LogP contribution in [0.4, 0.5) is 0 Å². The first-order valence-corrected chi connectivity index (χ1v) is 8.16. The molecule has 0 N–H and O–H groups in total. The molecule has 2 aromatic carbocycles. The Morgan fingerprint density at radius 2 is 1.83 bits per heavy atom. The minimum Gasteiger partial charge on any atom is -0.497 e. The number of hydrogen-bond donors (Lipinski definition) is 0. The monoisotopic (exact) mass is 328 g/mol. The summed E-state index contributed by atoms with van der Waals surface area (Å²) in [6.45, 7) is 0.556. The number of ether oxygens (including phenoxy) is 2. The topological polar surface area (TPSA) is 48.7 Å². The fourth-order valence-electron chi connectivity index (χ4n) is 2.14. The van der Waals surface area contributed by atoms with Crippen LogP contribution in [0.25, 0.3) is 11.0 Å². The third-order valence-corrected chi connectivity index (χ3v) is 4.29. The van der Waals surface area contributed by atoms with Crippen molar-refractivity contribution in [3.05, 3.63) is 65.0 Å². The molecule has 0 aliphatic carbocycles. The van der Waals surface area contributed by atoms with E-state index in [2.05, 4.69) is 0 Å². The third-order valence-electron chi connectivity index (χ3n) is 3.31. The Morgan fingerprint density at radius 3 is 2.61 bits per heavy atom. The van der Waals surface area contributed by atoms with Crippen LogP contribution >= 0.6 is 11.8 Å². The lowest BCUT2D eigenvalue weighted by atomic mass is 10.2. The molecule has 0 aliphatic heterocycles.